The van der Waals surface area contributed by atoms with E-state index < -0.39 is 0 Å². The number of fused-ring (bicyclic) bond motifs is 3. The maximum atomic E-state index is 13.5. The van der Waals surface area contributed by atoms with Gasteiger partial charge in [0.2, 0.25) is 5.95 Å². The molecule has 0 bridgehead atoms. The van der Waals surface area contributed by atoms with Crippen LogP contribution < -0.4 is 4.90 Å². The van der Waals surface area contributed by atoms with E-state index in [1.807, 2.05) is 23.9 Å². The van der Waals surface area contributed by atoms with Crippen LogP contribution in [0.4, 0.5) is 10.2 Å². The second-order valence-corrected chi connectivity index (χ2v) is 9.00. The minimum absolute atomic E-state index is 0.0255. The summed E-state index contributed by atoms with van der Waals surface area (Å²) in [5.41, 5.74) is 1.65. The summed E-state index contributed by atoms with van der Waals surface area (Å²) in [5, 5.41) is 8.92. The van der Waals surface area contributed by atoms with Crippen LogP contribution in [-0.4, -0.2) is 53.5 Å². The number of rotatable bonds is 4. The molecule has 0 aliphatic carbocycles. The van der Waals surface area contributed by atoms with Gasteiger partial charge in [0.1, 0.15) is 23.2 Å². The lowest BCUT2D eigenvalue weighted by atomic mass is 10.0. The molecule has 6 rings (SSSR count). The molecule has 10 heteroatoms. The number of hydrogen-bond acceptors (Lipinski definition) is 7. The number of ether oxygens (including phenoxy) is 1. The SMILES string of the molecule is CC[C@@H]1c2nnc(C)n2-c2cnc(-n3ccnc3-c3ccc(F)cc3)nc2N1C1CCCCOC1. The first-order valence-electron chi connectivity index (χ1n) is 12.1. The maximum Gasteiger partial charge on any atom is 0.237 e. The van der Waals surface area contributed by atoms with Crippen LogP contribution in [0.25, 0.3) is 23.0 Å². The molecule has 0 radical (unpaired) electrons. The second-order valence-electron chi connectivity index (χ2n) is 9.00. The fourth-order valence-electron chi connectivity index (χ4n) is 5.18. The third-order valence-corrected chi connectivity index (χ3v) is 6.83. The second kappa shape index (κ2) is 8.84. The van der Waals surface area contributed by atoms with Gasteiger partial charge < -0.3 is 9.64 Å². The minimum Gasteiger partial charge on any atom is -0.379 e. The molecule has 9 nitrogen and oxygen atoms in total. The Morgan fingerprint density at radius 3 is 2.80 bits per heavy atom. The molecule has 1 saturated heterocycles. The highest BCUT2D eigenvalue weighted by Crippen LogP contribution is 2.41. The highest BCUT2D eigenvalue weighted by molar-refractivity contribution is 5.64. The number of aryl methyl sites for hydroxylation is 1. The molecule has 2 atom stereocenters. The van der Waals surface area contributed by atoms with Crippen LogP contribution in [0.3, 0.4) is 0 Å². The van der Waals surface area contributed by atoms with Gasteiger partial charge in [0.25, 0.3) is 0 Å². The van der Waals surface area contributed by atoms with Gasteiger partial charge in [-0.05, 0) is 56.9 Å². The summed E-state index contributed by atoms with van der Waals surface area (Å²) >= 11 is 0. The Labute approximate surface area is 202 Å². The first-order valence-corrected chi connectivity index (χ1v) is 12.1. The molecular formula is C25H27FN8O. The monoisotopic (exact) mass is 474 g/mol. The normalized spacial score (nSPS) is 19.8. The predicted octanol–water partition coefficient (Wildman–Crippen LogP) is 4.20. The van der Waals surface area contributed by atoms with Crippen molar-refractivity contribution in [1.29, 1.82) is 0 Å². The van der Waals surface area contributed by atoms with Crippen LogP contribution in [0.2, 0.25) is 0 Å². The third kappa shape index (κ3) is 3.68. The Morgan fingerprint density at radius 2 is 1.97 bits per heavy atom. The van der Waals surface area contributed by atoms with E-state index in [9.17, 15) is 4.39 Å². The van der Waals surface area contributed by atoms with E-state index in [-0.39, 0.29) is 17.9 Å². The summed E-state index contributed by atoms with van der Waals surface area (Å²) in [4.78, 5) is 16.7. The molecule has 1 aromatic carbocycles. The molecule has 1 unspecified atom stereocenters. The van der Waals surface area contributed by atoms with Gasteiger partial charge in [-0.25, -0.2) is 14.4 Å². The molecule has 5 heterocycles. The molecule has 4 aromatic rings. The summed E-state index contributed by atoms with van der Waals surface area (Å²) in [6.07, 6.45) is 9.42. The van der Waals surface area contributed by atoms with Crippen LogP contribution in [0.1, 0.15) is 50.3 Å². The smallest absolute Gasteiger partial charge is 0.237 e. The van der Waals surface area contributed by atoms with E-state index in [1.54, 1.807) is 18.3 Å². The van der Waals surface area contributed by atoms with Crippen molar-refractivity contribution >= 4 is 5.82 Å². The van der Waals surface area contributed by atoms with Crippen molar-refractivity contribution in [3.8, 4) is 23.0 Å². The van der Waals surface area contributed by atoms with E-state index in [0.717, 1.165) is 61.0 Å². The number of benzene rings is 1. The van der Waals surface area contributed by atoms with Crippen molar-refractivity contribution in [2.75, 3.05) is 18.1 Å². The van der Waals surface area contributed by atoms with Crippen LogP contribution >= 0.6 is 0 Å². The average molecular weight is 475 g/mol. The quantitative estimate of drug-likeness (QED) is 0.438. The Bertz CT molecular complexity index is 1340. The van der Waals surface area contributed by atoms with Crippen LogP contribution in [-0.2, 0) is 4.74 Å². The third-order valence-electron chi connectivity index (χ3n) is 6.83. The summed E-state index contributed by atoms with van der Waals surface area (Å²) < 4.78 is 23.4. The summed E-state index contributed by atoms with van der Waals surface area (Å²) in [7, 11) is 0. The van der Waals surface area contributed by atoms with Gasteiger partial charge in [-0.3, -0.25) is 9.13 Å². The number of anilines is 1. The lowest BCUT2D eigenvalue weighted by molar-refractivity contribution is 0.129. The van der Waals surface area contributed by atoms with Gasteiger partial charge in [-0.1, -0.05) is 6.92 Å². The maximum absolute atomic E-state index is 13.5. The van der Waals surface area contributed by atoms with Crippen LogP contribution in [0.5, 0.6) is 0 Å². The molecule has 2 aliphatic heterocycles. The Kier molecular flexibility index (Phi) is 5.52. The zero-order chi connectivity index (χ0) is 23.9. The largest absolute Gasteiger partial charge is 0.379 e. The topological polar surface area (TPSA) is 86.8 Å². The van der Waals surface area contributed by atoms with Crippen molar-refractivity contribution in [2.24, 2.45) is 0 Å². The van der Waals surface area contributed by atoms with E-state index in [0.29, 0.717) is 18.4 Å². The fraction of sp³-hybridized carbons (Fsp3) is 0.400. The lowest BCUT2D eigenvalue weighted by Crippen LogP contribution is -2.45. The van der Waals surface area contributed by atoms with E-state index in [4.69, 9.17) is 14.7 Å². The van der Waals surface area contributed by atoms with E-state index in [2.05, 4.69) is 31.6 Å². The number of halogens is 1. The van der Waals surface area contributed by atoms with Crippen molar-refractivity contribution in [3.05, 3.63) is 60.3 Å². The predicted molar refractivity (Wildman–Crippen MR) is 128 cm³/mol. The summed E-state index contributed by atoms with van der Waals surface area (Å²) in [6.45, 7) is 5.55. The van der Waals surface area contributed by atoms with Gasteiger partial charge in [-0.15, -0.1) is 10.2 Å². The highest BCUT2D eigenvalue weighted by atomic mass is 19.1. The van der Waals surface area contributed by atoms with Gasteiger partial charge >= 0.3 is 0 Å². The fourth-order valence-corrected chi connectivity index (χ4v) is 5.18. The van der Waals surface area contributed by atoms with Crippen molar-refractivity contribution in [1.82, 2.24) is 34.3 Å². The summed E-state index contributed by atoms with van der Waals surface area (Å²) in [5.74, 6) is 3.42. The Morgan fingerprint density at radius 1 is 1.11 bits per heavy atom. The van der Waals surface area contributed by atoms with Gasteiger partial charge in [-0.2, -0.15) is 4.98 Å². The Balaban J connectivity index is 1.50. The van der Waals surface area contributed by atoms with Gasteiger partial charge in [0, 0.05) is 24.6 Å². The van der Waals surface area contributed by atoms with Crippen molar-refractivity contribution in [3.63, 3.8) is 0 Å². The lowest BCUT2D eigenvalue weighted by Gasteiger charge is -2.41. The van der Waals surface area contributed by atoms with E-state index in [1.165, 1.54) is 12.1 Å². The zero-order valence-electron chi connectivity index (χ0n) is 19.8. The average Bonchev–Trinajstić information content (AvgIpc) is 3.42. The van der Waals surface area contributed by atoms with Crippen molar-refractivity contribution < 1.29 is 9.13 Å². The van der Waals surface area contributed by atoms with Gasteiger partial charge in [0.15, 0.2) is 11.6 Å². The molecule has 0 spiro atoms. The molecule has 35 heavy (non-hydrogen) atoms. The molecule has 0 saturated carbocycles. The van der Waals surface area contributed by atoms with Crippen LogP contribution in [0.15, 0.2) is 42.9 Å². The molecule has 180 valence electrons. The number of nitrogens with zero attached hydrogens (tertiary/aromatic N) is 8. The standard InChI is InChI=1S/C25H27FN8O/c1-3-20-24-31-30-16(2)33(24)21-14-28-25(29-23(21)34(20)19-6-4-5-13-35-15-19)32-12-11-27-22(32)17-7-9-18(26)10-8-17/h7-12,14,19-20H,3-6,13,15H2,1-2H3/t19?,20-/m1/s1. The van der Waals surface area contributed by atoms with Gasteiger partial charge in [0.05, 0.1) is 24.9 Å². The molecule has 2 aliphatic rings. The van der Waals surface area contributed by atoms with Crippen molar-refractivity contribution in [2.45, 2.75) is 51.6 Å². The summed E-state index contributed by atoms with van der Waals surface area (Å²) in [6, 6.07) is 6.48. The molecule has 0 N–H and O–H groups in total. The Hall–Kier alpha value is -3.66. The number of hydrogen-bond donors (Lipinski definition) is 0. The number of imidazole rings is 1. The van der Waals surface area contributed by atoms with E-state index >= 15 is 0 Å². The zero-order valence-corrected chi connectivity index (χ0v) is 19.8. The minimum atomic E-state index is -0.288. The molecule has 3 aromatic heterocycles. The van der Waals surface area contributed by atoms with Crippen LogP contribution in [0, 0.1) is 12.7 Å². The molecule has 1 fully saturated rings. The number of aromatic nitrogens is 7. The first kappa shape index (κ1) is 21.8. The first-order chi connectivity index (χ1) is 17.2. The molecule has 0 amide bonds. The molecular weight excluding hydrogens is 447 g/mol. The highest BCUT2D eigenvalue weighted by Gasteiger charge is 2.39.